The average molecular weight is 216 g/mol. The standard InChI is InChI=1S/C12H16N4/c1-8(13)7-16-12-4-5-15-11-3-2-9(14)6-10(11)12/h2-6,8H,7,13-14H2,1H3,(H,15,16). The number of anilines is 2. The van der Waals surface area contributed by atoms with Crippen molar-refractivity contribution in [2.24, 2.45) is 5.73 Å². The smallest absolute Gasteiger partial charge is 0.0724 e. The predicted molar refractivity (Wildman–Crippen MR) is 68.3 cm³/mol. The van der Waals surface area contributed by atoms with Crippen molar-refractivity contribution in [1.82, 2.24) is 4.98 Å². The third kappa shape index (κ3) is 2.23. The number of benzene rings is 1. The number of nitrogens with two attached hydrogens (primary N) is 2. The van der Waals surface area contributed by atoms with Gasteiger partial charge in [-0.3, -0.25) is 4.98 Å². The van der Waals surface area contributed by atoms with Crippen molar-refractivity contribution in [2.75, 3.05) is 17.6 Å². The molecule has 16 heavy (non-hydrogen) atoms. The van der Waals surface area contributed by atoms with Crippen molar-refractivity contribution in [2.45, 2.75) is 13.0 Å². The molecule has 0 spiro atoms. The Balaban J connectivity index is 2.40. The van der Waals surface area contributed by atoms with Crippen LogP contribution in [0.3, 0.4) is 0 Å². The Kier molecular flexibility index (Phi) is 2.92. The first-order valence-electron chi connectivity index (χ1n) is 5.30. The second-order valence-electron chi connectivity index (χ2n) is 3.99. The lowest BCUT2D eigenvalue weighted by molar-refractivity contribution is 0.781. The number of rotatable bonds is 3. The lowest BCUT2D eigenvalue weighted by atomic mass is 10.1. The minimum atomic E-state index is 0.115. The van der Waals surface area contributed by atoms with Gasteiger partial charge in [0.1, 0.15) is 0 Å². The molecule has 0 saturated heterocycles. The molecule has 0 amide bonds. The van der Waals surface area contributed by atoms with Gasteiger partial charge >= 0.3 is 0 Å². The number of fused-ring (bicyclic) bond motifs is 1. The van der Waals surface area contributed by atoms with Crippen molar-refractivity contribution in [1.29, 1.82) is 0 Å². The topological polar surface area (TPSA) is 77.0 Å². The van der Waals surface area contributed by atoms with Gasteiger partial charge in [-0.15, -0.1) is 0 Å². The van der Waals surface area contributed by atoms with E-state index in [1.54, 1.807) is 6.20 Å². The molecule has 1 unspecified atom stereocenters. The van der Waals surface area contributed by atoms with Gasteiger partial charge in [0, 0.05) is 35.5 Å². The lowest BCUT2D eigenvalue weighted by Gasteiger charge is -2.11. The van der Waals surface area contributed by atoms with Crippen molar-refractivity contribution in [3.8, 4) is 0 Å². The van der Waals surface area contributed by atoms with Gasteiger partial charge in [-0.2, -0.15) is 0 Å². The van der Waals surface area contributed by atoms with E-state index in [0.29, 0.717) is 0 Å². The van der Waals surface area contributed by atoms with Crippen LogP contribution in [0.25, 0.3) is 10.9 Å². The van der Waals surface area contributed by atoms with Gasteiger partial charge in [0.25, 0.3) is 0 Å². The monoisotopic (exact) mass is 216 g/mol. The fourth-order valence-corrected chi connectivity index (χ4v) is 1.59. The molecule has 2 aromatic rings. The zero-order valence-electron chi connectivity index (χ0n) is 9.27. The van der Waals surface area contributed by atoms with Gasteiger partial charge in [-0.1, -0.05) is 0 Å². The van der Waals surface area contributed by atoms with Crippen LogP contribution in [0.1, 0.15) is 6.92 Å². The molecule has 4 heteroatoms. The van der Waals surface area contributed by atoms with Crippen LogP contribution in [0, 0.1) is 0 Å². The van der Waals surface area contributed by atoms with E-state index in [-0.39, 0.29) is 6.04 Å². The summed E-state index contributed by atoms with van der Waals surface area (Å²) in [5, 5.41) is 4.32. The van der Waals surface area contributed by atoms with Crippen LogP contribution < -0.4 is 16.8 Å². The Labute approximate surface area is 94.7 Å². The summed E-state index contributed by atoms with van der Waals surface area (Å²) >= 11 is 0. The average Bonchev–Trinajstić information content (AvgIpc) is 2.26. The van der Waals surface area contributed by atoms with Gasteiger partial charge in [0.05, 0.1) is 5.52 Å². The fraction of sp³-hybridized carbons (Fsp3) is 0.250. The maximum atomic E-state index is 5.77. The summed E-state index contributed by atoms with van der Waals surface area (Å²) in [6, 6.07) is 7.74. The number of hydrogen-bond acceptors (Lipinski definition) is 4. The Bertz CT molecular complexity index is 493. The maximum absolute atomic E-state index is 5.77. The Morgan fingerprint density at radius 1 is 1.38 bits per heavy atom. The van der Waals surface area contributed by atoms with Crippen molar-refractivity contribution >= 4 is 22.3 Å². The van der Waals surface area contributed by atoms with Crippen molar-refractivity contribution in [3.63, 3.8) is 0 Å². The van der Waals surface area contributed by atoms with Crippen LogP contribution >= 0.6 is 0 Å². The summed E-state index contributed by atoms with van der Waals surface area (Å²) in [6.07, 6.45) is 1.78. The molecule has 1 aromatic heterocycles. The zero-order valence-corrected chi connectivity index (χ0v) is 9.27. The maximum Gasteiger partial charge on any atom is 0.0724 e. The summed E-state index contributed by atoms with van der Waals surface area (Å²) in [6.45, 7) is 2.69. The molecule has 0 aliphatic carbocycles. The van der Waals surface area contributed by atoms with Gasteiger partial charge < -0.3 is 16.8 Å². The largest absolute Gasteiger partial charge is 0.399 e. The summed E-state index contributed by atoms with van der Waals surface area (Å²) < 4.78 is 0. The molecule has 0 aliphatic heterocycles. The van der Waals surface area contributed by atoms with E-state index in [0.717, 1.165) is 28.8 Å². The van der Waals surface area contributed by atoms with E-state index >= 15 is 0 Å². The van der Waals surface area contributed by atoms with E-state index in [4.69, 9.17) is 11.5 Å². The van der Waals surface area contributed by atoms with Crippen LogP contribution in [0.15, 0.2) is 30.5 Å². The number of hydrogen-bond donors (Lipinski definition) is 3. The number of nitrogen functional groups attached to an aromatic ring is 1. The van der Waals surface area contributed by atoms with Crippen LogP contribution in [-0.2, 0) is 0 Å². The van der Waals surface area contributed by atoms with E-state index in [2.05, 4.69) is 10.3 Å². The first kappa shape index (κ1) is 10.7. The molecule has 1 atom stereocenters. The first-order chi connectivity index (χ1) is 7.66. The number of aromatic nitrogens is 1. The minimum absolute atomic E-state index is 0.115. The third-order valence-corrected chi connectivity index (χ3v) is 2.38. The molecular formula is C12H16N4. The molecule has 0 bridgehead atoms. The zero-order chi connectivity index (χ0) is 11.5. The highest BCUT2D eigenvalue weighted by atomic mass is 14.9. The normalized spacial score (nSPS) is 12.6. The summed E-state index contributed by atoms with van der Waals surface area (Å²) in [7, 11) is 0. The van der Waals surface area contributed by atoms with E-state index in [1.165, 1.54) is 0 Å². The molecule has 2 rings (SSSR count). The van der Waals surface area contributed by atoms with Crippen molar-refractivity contribution < 1.29 is 0 Å². The molecular weight excluding hydrogens is 200 g/mol. The van der Waals surface area contributed by atoms with Gasteiger partial charge in [0.2, 0.25) is 0 Å². The molecule has 0 fully saturated rings. The van der Waals surface area contributed by atoms with E-state index < -0.39 is 0 Å². The second kappa shape index (κ2) is 4.37. The SMILES string of the molecule is CC(N)CNc1ccnc2ccc(N)cc12. The van der Waals surface area contributed by atoms with E-state index in [1.807, 2.05) is 31.2 Å². The number of pyridine rings is 1. The van der Waals surface area contributed by atoms with Crippen molar-refractivity contribution in [3.05, 3.63) is 30.5 Å². The van der Waals surface area contributed by atoms with Crippen LogP contribution in [0.2, 0.25) is 0 Å². The van der Waals surface area contributed by atoms with Gasteiger partial charge in [-0.05, 0) is 31.2 Å². The Morgan fingerprint density at radius 2 is 2.19 bits per heavy atom. The predicted octanol–water partition coefficient (Wildman–Crippen LogP) is 1.58. The van der Waals surface area contributed by atoms with Crippen LogP contribution in [-0.4, -0.2) is 17.6 Å². The number of nitrogens with zero attached hydrogens (tertiary/aromatic N) is 1. The molecule has 4 nitrogen and oxygen atoms in total. The third-order valence-electron chi connectivity index (χ3n) is 2.38. The molecule has 1 heterocycles. The molecule has 0 aliphatic rings. The highest BCUT2D eigenvalue weighted by Crippen LogP contribution is 2.23. The lowest BCUT2D eigenvalue weighted by Crippen LogP contribution is -2.25. The highest BCUT2D eigenvalue weighted by molar-refractivity contribution is 5.93. The summed E-state index contributed by atoms with van der Waals surface area (Å²) in [5.74, 6) is 0. The second-order valence-corrected chi connectivity index (χ2v) is 3.99. The van der Waals surface area contributed by atoms with Crippen LogP contribution in [0.5, 0.6) is 0 Å². The highest BCUT2D eigenvalue weighted by Gasteiger charge is 2.02. The van der Waals surface area contributed by atoms with Gasteiger partial charge in [0.15, 0.2) is 0 Å². The summed E-state index contributed by atoms with van der Waals surface area (Å²) in [4.78, 5) is 4.28. The minimum Gasteiger partial charge on any atom is -0.399 e. The summed E-state index contributed by atoms with van der Waals surface area (Å²) in [5.41, 5.74) is 14.2. The number of nitrogens with one attached hydrogen (secondary N) is 1. The fourth-order valence-electron chi connectivity index (χ4n) is 1.59. The van der Waals surface area contributed by atoms with Gasteiger partial charge in [-0.25, -0.2) is 0 Å². The molecule has 5 N–H and O–H groups in total. The van der Waals surface area contributed by atoms with E-state index in [9.17, 15) is 0 Å². The Hall–Kier alpha value is -1.81. The molecule has 0 saturated carbocycles. The molecule has 1 aromatic carbocycles. The van der Waals surface area contributed by atoms with Crippen LogP contribution in [0.4, 0.5) is 11.4 Å². The molecule has 0 radical (unpaired) electrons. The molecule has 84 valence electrons. The Morgan fingerprint density at radius 3 is 2.94 bits per heavy atom. The first-order valence-corrected chi connectivity index (χ1v) is 5.30. The quantitative estimate of drug-likeness (QED) is 0.681.